The van der Waals surface area contributed by atoms with Crippen LogP contribution in [0.3, 0.4) is 0 Å². The summed E-state index contributed by atoms with van der Waals surface area (Å²) in [6, 6.07) is 0. The molecule has 9 nitrogen and oxygen atoms in total. The summed E-state index contributed by atoms with van der Waals surface area (Å²) < 4.78 is 19.3. The molecule has 2 N–H and O–H groups in total. The third-order valence-corrected chi connectivity index (χ3v) is 2.76. The van der Waals surface area contributed by atoms with Crippen LogP contribution in [-0.4, -0.2) is 33.4 Å². The van der Waals surface area contributed by atoms with Gasteiger partial charge in [0.1, 0.15) is 6.23 Å². The summed E-state index contributed by atoms with van der Waals surface area (Å²) in [5.74, 6) is -1.13. The van der Waals surface area contributed by atoms with Crippen LogP contribution in [0.2, 0.25) is 0 Å². The van der Waals surface area contributed by atoms with Crippen molar-refractivity contribution < 1.29 is 14.2 Å². The van der Waals surface area contributed by atoms with Crippen molar-refractivity contribution in [2.75, 3.05) is 6.54 Å². The number of nitrogens with one attached hydrogen (secondary N) is 1. The Labute approximate surface area is 104 Å². The lowest BCUT2D eigenvalue weighted by atomic mass is 10.2. The number of aliphatic hydroxyl groups is 1. The van der Waals surface area contributed by atoms with Gasteiger partial charge in [-0.3, -0.25) is 14.3 Å². The molecule has 0 amide bonds. The molecule has 1 fully saturated rings. The third-order valence-electron chi connectivity index (χ3n) is 2.76. The lowest BCUT2D eigenvalue weighted by molar-refractivity contribution is -0.0155. The molecule has 2 rings (SSSR count). The molecule has 102 valence electrons. The van der Waals surface area contributed by atoms with E-state index in [1.165, 1.54) is 0 Å². The molecule has 0 saturated carbocycles. The molecule has 1 aliphatic heterocycles. The summed E-state index contributed by atoms with van der Waals surface area (Å²) in [6.07, 6.45) is -1.90. The monoisotopic (exact) mass is 271 g/mol. The molecule has 10 heteroatoms. The lowest BCUT2D eigenvalue weighted by Crippen LogP contribution is -2.34. The van der Waals surface area contributed by atoms with E-state index in [0.29, 0.717) is 6.20 Å². The van der Waals surface area contributed by atoms with Crippen LogP contribution in [0, 0.1) is 5.82 Å². The molecule has 1 aliphatic rings. The van der Waals surface area contributed by atoms with Gasteiger partial charge in [-0.05, 0) is 5.53 Å². The van der Waals surface area contributed by atoms with Gasteiger partial charge in [0.05, 0.1) is 24.9 Å². The Morgan fingerprint density at radius 3 is 3.11 bits per heavy atom. The minimum atomic E-state index is -1.13. The van der Waals surface area contributed by atoms with Crippen molar-refractivity contribution in [3.8, 4) is 0 Å². The Hall–Kier alpha value is -2.16. The maximum Gasteiger partial charge on any atom is 0.330 e. The topological polar surface area (TPSA) is 133 Å². The fourth-order valence-electron chi connectivity index (χ4n) is 1.84. The number of hydrogen-bond donors (Lipinski definition) is 2. The van der Waals surface area contributed by atoms with Gasteiger partial charge < -0.3 is 9.84 Å². The van der Waals surface area contributed by atoms with Crippen LogP contribution < -0.4 is 11.2 Å². The first kappa shape index (κ1) is 13.3. The number of H-pyrrole nitrogens is 1. The third kappa shape index (κ3) is 2.65. The minimum absolute atomic E-state index is 0.0248. The summed E-state index contributed by atoms with van der Waals surface area (Å²) in [5, 5.41) is 12.9. The summed E-state index contributed by atoms with van der Waals surface area (Å²) >= 11 is 0. The first-order chi connectivity index (χ1) is 9.02. The number of aromatic nitrogens is 2. The number of aliphatic hydroxyl groups excluding tert-OH is 1. The van der Waals surface area contributed by atoms with Crippen LogP contribution in [0.4, 0.5) is 4.39 Å². The predicted molar refractivity (Wildman–Crippen MR) is 59.8 cm³/mol. The highest BCUT2D eigenvalue weighted by atomic mass is 19.1. The van der Waals surface area contributed by atoms with Gasteiger partial charge in [0.15, 0.2) is 0 Å². The van der Waals surface area contributed by atoms with E-state index < -0.39 is 35.5 Å². The molecule has 0 radical (unpaired) electrons. The fraction of sp³-hybridized carbons (Fsp3) is 0.556. The second-order valence-corrected chi connectivity index (χ2v) is 3.99. The van der Waals surface area contributed by atoms with Gasteiger partial charge in [-0.2, -0.15) is 4.39 Å². The smallest absolute Gasteiger partial charge is 0.330 e. The Kier molecular flexibility index (Phi) is 3.65. The van der Waals surface area contributed by atoms with Crippen LogP contribution in [0.25, 0.3) is 10.4 Å². The Bertz CT molecular complexity index is 634. The number of rotatable bonds is 3. The first-order valence-corrected chi connectivity index (χ1v) is 5.38. The van der Waals surface area contributed by atoms with Crippen LogP contribution in [0.15, 0.2) is 20.9 Å². The zero-order valence-corrected chi connectivity index (χ0v) is 9.56. The molecule has 19 heavy (non-hydrogen) atoms. The molecule has 0 aliphatic carbocycles. The number of aromatic amines is 1. The number of nitrogens with zero attached hydrogens (tertiary/aromatic N) is 4. The van der Waals surface area contributed by atoms with Crippen molar-refractivity contribution in [1.82, 2.24) is 9.55 Å². The van der Waals surface area contributed by atoms with Crippen molar-refractivity contribution in [2.45, 2.75) is 24.9 Å². The van der Waals surface area contributed by atoms with Crippen LogP contribution in [-0.2, 0) is 4.74 Å². The molecule has 0 bridgehead atoms. The van der Waals surface area contributed by atoms with E-state index in [4.69, 9.17) is 10.3 Å². The van der Waals surface area contributed by atoms with E-state index in [1.807, 2.05) is 0 Å². The highest BCUT2D eigenvalue weighted by Gasteiger charge is 2.35. The van der Waals surface area contributed by atoms with E-state index in [2.05, 4.69) is 10.0 Å². The van der Waals surface area contributed by atoms with Crippen molar-refractivity contribution >= 4 is 0 Å². The first-order valence-electron chi connectivity index (χ1n) is 5.38. The lowest BCUT2D eigenvalue weighted by Gasteiger charge is -2.14. The summed E-state index contributed by atoms with van der Waals surface area (Å²) in [5.41, 5.74) is 6.22. The van der Waals surface area contributed by atoms with Gasteiger partial charge in [0.2, 0.25) is 5.82 Å². The standard InChI is InChI=1S/C9H10FN5O4/c10-4-3-15(9(18)13-8(4)17)7-1-5(16)6(19-7)2-12-14-11/h3,5-7,16H,1-2H2,(H,13,17,18). The number of ether oxygens (including phenoxy) is 1. The molecule has 1 aromatic rings. The molecule has 1 saturated heterocycles. The molecule has 3 atom stereocenters. The highest BCUT2D eigenvalue weighted by molar-refractivity contribution is 4.91. The number of hydrogen-bond acceptors (Lipinski definition) is 5. The largest absolute Gasteiger partial charge is 0.390 e. The molecule has 0 aromatic carbocycles. The zero-order chi connectivity index (χ0) is 14.0. The second-order valence-electron chi connectivity index (χ2n) is 3.99. The summed E-state index contributed by atoms with van der Waals surface area (Å²) in [6.45, 7) is -0.102. The van der Waals surface area contributed by atoms with Gasteiger partial charge in [0, 0.05) is 11.3 Å². The predicted octanol–water partition coefficient (Wildman–Crippen LogP) is -0.366. The van der Waals surface area contributed by atoms with Crippen molar-refractivity contribution in [3.05, 3.63) is 43.3 Å². The molecule has 0 spiro atoms. The van der Waals surface area contributed by atoms with Crippen molar-refractivity contribution in [2.24, 2.45) is 5.11 Å². The molecule has 1 aromatic heterocycles. The van der Waals surface area contributed by atoms with Crippen LogP contribution in [0.5, 0.6) is 0 Å². The van der Waals surface area contributed by atoms with E-state index in [1.54, 1.807) is 4.98 Å². The average molecular weight is 271 g/mol. The van der Waals surface area contributed by atoms with E-state index in [9.17, 15) is 19.1 Å². The second kappa shape index (κ2) is 5.22. The molecular weight excluding hydrogens is 261 g/mol. The number of azide groups is 1. The Morgan fingerprint density at radius 1 is 1.68 bits per heavy atom. The zero-order valence-electron chi connectivity index (χ0n) is 9.56. The van der Waals surface area contributed by atoms with E-state index >= 15 is 0 Å². The van der Waals surface area contributed by atoms with Gasteiger partial charge in [0.25, 0.3) is 5.56 Å². The number of halogens is 1. The van der Waals surface area contributed by atoms with Gasteiger partial charge in [-0.25, -0.2) is 4.79 Å². The van der Waals surface area contributed by atoms with E-state index in [0.717, 1.165) is 4.57 Å². The quantitative estimate of drug-likeness (QED) is 0.441. The Balaban J connectivity index is 2.25. The van der Waals surface area contributed by atoms with Gasteiger partial charge in [-0.15, -0.1) is 0 Å². The minimum Gasteiger partial charge on any atom is -0.390 e. The van der Waals surface area contributed by atoms with Crippen LogP contribution in [0.1, 0.15) is 12.6 Å². The van der Waals surface area contributed by atoms with Gasteiger partial charge in [-0.1, -0.05) is 5.11 Å². The fourth-order valence-corrected chi connectivity index (χ4v) is 1.84. The van der Waals surface area contributed by atoms with Crippen molar-refractivity contribution in [3.63, 3.8) is 0 Å². The maximum absolute atomic E-state index is 13.1. The normalized spacial score (nSPS) is 26.1. The SMILES string of the molecule is [N-]=[N+]=NCC1OC(n2cc(F)c(=O)[nH]c2=O)CC1O. The van der Waals surface area contributed by atoms with Crippen LogP contribution >= 0.6 is 0 Å². The summed E-state index contributed by atoms with van der Waals surface area (Å²) in [4.78, 5) is 26.7. The summed E-state index contributed by atoms with van der Waals surface area (Å²) in [7, 11) is 0. The van der Waals surface area contributed by atoms with Gasteiger partial charge >= 0.3 is 5.69 Å². The average Bonchev–Trinajstić information content (AvgIpc) is 2.72. The maximum atomic E-state index is 13.1. The molecule has 3 unspecified atom stereocenters. The molecule has 2 heterocycles. The van der Waals surface area contributed by atoms with Crippen molar-refractivity contribution in [1.29, 1.82) is 0 Å². The molecular formula is C9H10FN5O4. The highest BCUT2D eigenvalue weighted by Crippen LogP contribution is 2.27. The Morgan fingerprint density at radius 2 is 2.42 bits per heavy atom. The van der Waals surface area contributed by atoms with E-state index in [-0.39, 0.29) is 13.0 Å².